The summed E-state index contributed by atoms with van der Waals surface area (Å²) >= 11 is 6.08. The Bertz CT molecular complexity index is 958. The van der Waals surface area contributed by atoms with Gasteiger partial charge in [-0.3, -0.25) is 9.59 Å². The third-order valence-electron chi connectivity index (χ3n) is 3.56. The first-order valence-corrected chi connectivity index (χ1v) is 8.18. The van der Waals surface area contributed by atoms with Crippen molar-refractivity contribution in [3.05, 3.63) is 76.9 Å². The van der Waals surface area contributed by atoms with Crippen molar-refractivity contribution < 1.29 is 9.59 Å². The monoisotopic (exact) mass is 366 g/mol. The van der Waals surface area contributed by atoms with Gasteiger partial charge in [0.1, 0.15) is 0 Å². The van der Waals surface area contributed by atoms with E-state index in [1.807, 2.05) is 18.2 Å². The number of benzene rings is 2. The van der Waals surface area contributed by atoms with Crippen LogP contribution in [0.15, 0.2) is 60.7 Å². The van der Waals surface area contributed by atoms with Crippen LogP contribution in [-0.4, -0.2) is 21.9 Å². The highest BCUT2D eigenvalue weighted by Gasteiger charge is 2.10. The molecular weight excluding hydrogens is 352 g/mol. The number of carbonyl (C=O) groups excluding carboxylic acids is 2. The van der Waals surface area contributed by atoms with E-state index in [4.69, 9.17) is 11.6 Å². The van der Waals surface area contributed by atoms with E-state index in [1.54, 1.807) is 42.5 Å². The fourth-order valence-corrected chi connectivity index (χ4v) is 2.41. The number of rotatable bonds is 5. The van der Waals surface area contributed by atoms with Gasteiger partial charge in [0.25, 0.3) is 5.91 Å². The van der Waals surface area contributed by atoms with Gasteiger partial charge in [0, 0.05) is 11.3 Å². The Kier molecular flexibility index (Phi) is 5.24. The number of ketones is 1. The van der Waals surface area contributed by atoms with Crippen molar-refractivity contribution in [1.29, 1.82) is 0 Å². The van der Waals surface area contributed by atoms with Crippen LogP contribution in [0.3, 0.4) is 0 Å². The van der Waals surface area contributed by atoms with Gasteiger partial charge in [0.05, 0.1) is 10.7 Å². The van der Waals surface area contributed by atoms with E-state index in [9.17, 15) is 9.59 Å². The van der Waals surface area contributed by atoms with Crippen molar-refractivity contribution in [2.75, 3.05) is 10.6 Å². The minimum Gasteiger partial charge on any atom is -0.338 e. The molecule has 3 aromatic rings. The lowest BCUT2D eigenvalue weighted by molar-refractivity contribution is 0.100. The molecule has 1 heterocycles. The summed E-state index contributed by atoms with van der Waals surface area (Å²) in [6.45, 7) is 1.47. The number of carbonyl (C=O) groups is 2. The normalized spacial score (nSPS) is 10.2. The predicted octanol–water partition coefficient (Wildman–Crippen LogP) is 4.33. The van der Waals surface area contributed by atoms with E-state index in [-0.39, 0.29) is 11.5 Å². The second-order valence-electron chi connectivity index (χ2n) is 5.50. The maximum Gasteiger partial charge on any atom is 0.276 e. The summed E-state index contributed by atoms with van der Waals surface area (Å²) in [4.78, 5) is 23.7. The van der Waals surface area contributed by atoms with Gasteiger partial charge in [-0.15, -0.1) is 10.2 Å². The SMILES string of the molecule is CC(=O)c1cccc(NC(=O)c2ccc(Nc3ccccc3Cl)nn2)c1. The quantitative estimate of drug-likeness (QED) is 0.656. The third-order valence-corrected chi connectivity index (χ3v) is 3.89. The zero-order chi connectivity index (χ0) is 18.5. The highest BCUT2D eigenvalue weighted by molar-refractivity contribution is 6.33. The number of nitrogens with zero attached hydrogens (tertiary/aromatic N) is 2. The highest BCUT2D eigenvalue weighted by Crippen LogP contribution is 2.23. The van der Waals surface area contributed by atoms with Crippen LogP contribution in [0.2, 0.25) is 5.02 Å². The lowest BCUT2D eigenvalue weighted by Gasteiger charge is -2.08. The van der Waals surface area contributed by atoms with Gasteiger partial charge in [-0.25, -0.2) is 0 Å². The molecule has 1 aromatic heterocycles. The molecule has 0 aliphatic heterocycles. The smallest absolute Gasteiger partial charge is 0.276 e. The number of hydrogen-bond acceptors (Lipinski definition) is 5. The summed E-state index contributed by atoms with van der Waals surface area (Å²) in [6, 6.07) is 17.1. The Morgan fingerprint density at radius 1 is 0.962 bits per heavy atom. The van der Waals surface area contributed by atoms with Crippen LogP contribution in [0.1, 0.15) is 27.8 Å². The van der Waals surface area contributed by atoms with Gasteiger partial charge >= 0.3 is 0 Å². The van der Waals surface area contributed by atoms with E-state index in [2.05, 4.69) is 20.8 Å². The summed E-state index contributed by atoms with van der Waals surface area (Å²) in [7, 11) is 0. The van der Waals surface area contributed by atoms with E-state index >= 15 is 0 Å². The zero-order valence-corrected chi connectivity index (χ0v) is 14.6. The van der Waals surface area contributed by atoms with Crippen LogP contribution in [-0.2, 0) is 0 Å². The number of anilines is 3. The largest absolute Gasteiger partial charge is 0.338 e. The van der Waals surface area contributed by atoms with Crippen LogP contribution in [0.4, 0.5) is 17.2 Å². The molecule has 26 heavy (non-hydrogen) atoms. The van der Waals surface area contributed by atoms with Gasteiger partial charge in [0.15, 0.2) is 17.3 Å². The Labute approximate surface area is 155 Å². The topological polar surface area (TPSA) is 84.0 Å². The molecule has 130 valence electrons. The highest BCUT2D eigenvalue weighted by atomic mass is 35.5. The molecule has 0 fully saturated rings. The molecule has 1 amide bonds. The predicted molar refractivity (Wildman–Crippen MR) is 101 cm³/mol. The minimum atomic E-state index is -0.414. The van der Waals surface area contributed by atoms with E-state index < -0.39 is 5.91 Å². The Morgan fingerprint density at radius 3 is 2.46 bits per heavy atom. The molecule has 0 saturated carbocycles. The van der Waals surface area contributed by atoms with Crippen LogP contribution >= 0.6 is 11.6 Å². The first-order chi connectivity index (χ1) is 12.5. The Morgan fingerprint density at radius 2 is 1.77 bits per heavy atom. The summed E-state index contributed by atoms with van der Waals surface area (Å²) in [5.74, 6) is -0.0217. The van der Waals surface area contributed by atoms with E-state index in [1.165, 1.54) is 6.92 Å². The van der Waals surface area contributed by atoms with Gasteiger partial charge < -0.3 is 10.6 Å². The third kappa shape index (κ3) is 4.23. The molecule has 2 N–H and O–H groups in total. The van der Waals surface area contributed by atoms with Crippen LogP contribution in [0, 0.1) is 0 Å². The van der Waals surface area contributed by atoms with Crippen molar-refractivity contribution in [2.45, 2.75) is 6.92 Å². The fraction of sp³-hybridized carbons (Fsp3) is 0.0526. The molecule has 7 heteroatoms. The number of Topliss-reactive ketones (excluding diaryl/α,β-unsaturated/α-hetero) is 1. The van der Waals surface area contributed by atoms with Crippen LogP contribution in [0.5, 0.6) is 0 Å². The van der Waals surface area contributed by atoms with E-state index in [0.29, 0.717) is 27.8 Å². The molecule has 0 bridgehead atoms. The van der Waals surface area contributed by atoms with Crippen molar-refractivity contribution >= 4 is 40.5 Å². The standard InChI is InChI=1S/C19H15ClN4O2/c1-12(25)13-5-4-6-14(11-13)21-19(26)17-9-10-18(24-23-17)22-16-8-3-2-7-15(16)20/h2-11H,1H3,(H,21,26)(H,22,24). The number of nitrogens with one attached hydrogen (secondary N) is 2. The number of amides is 1. The second kappa shape index (κ2) is 7.76. The number of para-hydroxylation sites is 1. The molecule has 0 aliphatic rings. The molecule has 0 spiro atoms. The average molecular weight is 367 g/mol. The molecule has 0 unspecified atom stereocenters. The number of halogens is 1. The summed E-state index contributed by atoms with van der Waals surface area (Å²) in [5, 5.41) is 14.2. The van der Waals surface area contributed by atoms with Crippen LogP contribution in [0.25, 0.3) is 0 Å². The second-order valence-corrected chi connectivity index (χ2v) is 5.91. The molecule has 6 nitrogen and oxygen atoms in total. The molecule has 0 saturated heterocycles. The summed E-state index contributed by atoms with van der Waals surface area (Å²) < 4.78 is 0. The number of hydrogen-bond donors (Lipinski definition) is 2. The summed E-state index contributed by atoms with van der Waals surface area (Å²) in [5.41, 5.74) is 1.89. The Balaban J connectivity index is 1.70. The zero-order valence-electron chi connectivity index (χ0n) is 13.9. The molecule has 3 rings (SSSR count). The van der Waals surface area contributed by atoms with Crippen LogP contribution < -0.4 is 10.6 Å². The maximum absolute atomic E-state index is 12.3. The fourth-order valence-electron chi connectivity index (χ4n) is 2.23. The average Bonchev–Trinajstić information content (AvgIpc) is 2.64. The van der Waals surface area contributed by atoms with Crippen molar-refractivity contribution in [2.24, 2.45) is 0 Å². The van der Waals surface area contributed by atoms with Crippen molar-refractivity contribution in [3.8, 4) is 0 Å². The molecule has 0 atom stereocenters. The summed E-state index contributed by atoms with van der Waals surface area (Å²) in [6.07, 6.45) is 0. The minimum absolute atomic E-state index is 0.0732. The van der Waals surface area contributed by atoms with Crippen molar-refractivity contribution in [3.63, 3.8) is 0 Å². The van der Waals surface area contributed by atoms with Crippen molar-refractivity contribution in [1.82, 2.24) is 10.2 Å². The molecule has 2 aromatic carbocycles. The lowest BCUT2D eigenvalue weighted by Crippen LogP contribution is -2.15. The molecule has 0 radical (unpaired) electrons. The van der Waals surface area contributed by atoms with Gasteiger partial charge in [-0.1, -0.05) is 35.9 Å². The van der Waals surface area contributed by atoms with Gasteiger partial charge in [-0.05, 0) is 43.3 Å². The van der Waals surface area contributed by atoms with Gasteiger partial charge in [-0.2, -0.15) is 0 Å². The number of aromatic nitrogens is 2. The van der Waals surface area contributed by atoms with Gasteiger partial charge in [0.2, 0.25) is 0 Å². The van der Waals surface area contributed by atoms with E-state index in [0.717, 1.165) is 0 Å². The molecular formula is C19H15ClN4O2. The first kappa shape index (κ1) is 17.6. The maximum atomic E-state index is 12.3. The Hall–Kier alpha value is -3.25. The molecule has 0 aliphatic carbocycles. The first-order valence-electron chi connectivity index (χ1n) is 7.80. The lowest BCUT2D eigenvalue weighted by atomic mass is 10.1.